The maximum atomic E-state index is 5.63. The second-order valence-corrected chi connectivity index (χ2v) is 3.76. The Balaban J connectivity index is 2.32. The summed E-state index contributed by atoms with van der Waals surface area (Å²) >= 11 is 0. The molecular weight excluding hydrogens is 174 g/mol. The van der Waals surface area contributed by atoms with Crippen molar-refractivity contribution in [2.75, 3.05) is 13.7 Å². The molecule has 0 heterocycles. The average molecular weight is 191 g/mol. The SMILES string of the molecule is CCOc1ccccc1C1(NC)CC1. The summed E-state index contributed by atoms with van der Waals surface area (Å²) in [7, 11) is 2.02. The normalized spacial score (nSPS) is 17.9. The van der Waals surface area contributed by atoms with Crippen LogP contribution in [0.1, 0.15) is 25.3 Å². The lowest BCUT2D eigenvalue weighted by molar-refractivity contribution is 0.331. The molecule has 0 aromatic heterocycles. The van der Waals surface area contributed by atoms with Gasteiger partial charge in [0, 0.05) is 11.1 Å². The highest BCUT2D eigenvalue weighted by molar-refractivity contribution is 5.42. The monoisotopic (exact) mass is 191 g/mol. The highest BCUT2D eigenvalue weighted by Gasteiger charge is 2.44. The summed E-state index contributed by atoms with van der Waals surface area (Å²) in [5, 5.41) is 3.39. The third-order valence-corrected chi connectivity index (χ3v) is 2.93. The molecule has 14 heavy (non-hydrogen) atoms. The van der Waals surface area contributed by atoms with Crippen LogP contribution < -0.4 is 10.1 Å². The fourth-order valence-electron chi connectivity index (χ4n) is 1.92. The van der Waals surface area contributed by atoms with Gasteiger partial charge in [0.05, 0.1) is 6.61 Å². The quantitative estimate of drug-likeness (QED) is 0.788. The molecule has 0 spiro atoms. The first-order chi connectivity index (χ1) is 6.82. The molecule has 0 saturated heterocycles. The van der Waals surface area contributed by atoms with E-state index < -0.39 is 0 Å². The van der Waals surface area contributed by atoms with Gasteiger partial charge in [-0.25, -0.2) is 0 Å². The standard InChI is InChI=1S/C12H17NO/c1-3-14-11-7-5-4-6-10(11)12(13-2)8-9-12/h4-7,13H,3,8-9H2,1-2H3. The van der Waals surface area contributed by atoms with Crippen molar-refractivity contribution in [2.24, 2.45) is 0 Å². The molecule has 76 valence electrons. The summed E-state index contributed by atoms with van der Waals surface area (Å²) in [5.74, 6) is 1.03. The van der Waals surface area contributed by atoms with Gasteiger partial charge in [-0.2, -0.15) is 0 Å². The Morgan fingerprint density at radius 3 is 2.64 bits per heavy atom. The average Bonchev–Trinajstić information content (AvgIpc) is 3.00. The van der Waals surface area contributed by atoms with E-state index in [9.17, 15) is 0 Å². The molecule has 0 atom stereocenters. The highest BCUT2D eigenvalue weighted by Crippen LogP contribution is 2.48. The lowest BCUT2D eigenvalue weighted by atomic mass is 10.0. The lowest BCUT2D eigenvalue weighted by Crippen LogP contribution is -2.25. The minimum atomic E-state index is 0.200. The number of para-hydroxylation sites is 1. The molecule has 2 nitrogen and oxygen atoms in total. The third-order valence-electron chi connectivity index (χ3n) is 2.93. The van der Waals surface area contributed by atoms with Crippen LogP contribution in [0.2, 0.25) is 0 Å². The molecular formula is C12H17NO. The van der Waals surface area contributed by atoms with Crippen LogP contribution in [0.4, 0.5) is 0 Å². The first-order valence-electron chi connectivity index (χ1n) is 5.23. The van der Waals surface area contributed by atoms with Crippen LogP contribution in [-0.2, 0) is 5.54 Å². The van der Waals surface area contributed by atoms with E-state index in [0.717, 1.165) is 12.4 Å². The van der Waals surface area contributed by atoms with Crippen molar-refractivity contribution in [1.82, 2.24) is 5.32 Å². The Labute approximate surface area is 85.3 Å². The Bertz CT molecular complexity index is 318. The molecule has 2 heteroatoms. The summed E-state index contributed by atoms with van der Waals surface area (Å²) in [4.78, 5) is 0. The van der Waals surface area contributed by atoms with Gasteiger partial charge in [0.25, 0.3) is 0 Å². The Morgan fingerprint density at radius 1 is 1.36 bits per heavy atom. The van der Waals surface area contributed by atoms with Crippen LogP contribution in [0.3, 0.4) is 0 Å². The van der Waals surface area contributed by atoms with Crippen molar-refractivity contribution in [3.05, 3.63) is 29.8 Å². The van der Waals surface area contributed by atoms with Crippen molar-refractivity contribution < 1.29 is 4.74 Å². The second kappa shape index (κ2) is 3.62. The van der Waals surface area contributed by atoms with Crippen LogP contribution >= 0.6 is 0 Å². The van der Waals surface area contributed by atoms with Crippen LogP contribution in [0.5, 0.6) is 5.75 Å². The zero-order valence-corrected chi connectivity index (χ0v) is 8.84. The van der Waals surface area contributed by atoms with Crippen molar-refractivity contribution in [3.8, 4) is 5.75 Å². The summed E-state index contributed by atoms with van der Waals surface area (Å²) in [5.41, 5.74) is 1.51. The zero-order chi connectivity index (χ0) is 10.0. The van der Waals surface area contributed by atoms with Gasteiger partial charge >= 0.3 is 0 Å². The maximum Gasteiger partial charge on any atom is 0.124 e. The Kier molecular flexibility index (Phi) is 2.46. The number of hydrogen-bond donors (Lipinski definition) is 1. The first-order valence-corrected chi connectivity index (χ1v) is 5.23. The summed E-state index contributed by atoms with van der Waals surface area (Å²) < 4.78 is 5.63. The molecule has 0 amide bonds. The topological polar surface area (TPSA) is 21.3 Å². The molecule has 1 aliphatic rings. The Morgan fingerprint density at radius 2 is 2.07 bits per heavy atom. The van der Waals surface area contributed by atoms with Crippen LogP contribution in [-0.4, -0.2) is 13.7 Å². The number of nitrogens with one attached hydrogen (secondary N) is 1. The molecule has 1 N–H and O–H groups in total. The van der Waals surface area contributed by atoms with Gasteiger partial charge in [-0.1, -0.05) is 18.2 Å². The number of ether oxygens (including phenoxy) is 1. The number of rotatable bonds is 4. The van der Waals surface area contributed by atoms with E-state index >= 15 is 0 Å². The lowest BCUT2D eigenvalue weighted by Gasteiger charge is -2.18. The van der Waals surface area contributed by atoms with E-state index in [1.165, 1.54) is 18.4 Å². The minimum absolute atomic E-state index is 0.200. The molecule has 2 rings (SSSR count). The highest BCUT2D eigenvalue weighted by atomic mass is 16.5. The van der Waals surface area contributed by atoms with E-state index in [-0.39, 0.29) is 5.54 Å². The third kappa shape index (κ3) is 1.50. The van der Waals surface area contributed by atoms with Gasteiger partial charge in [-0.15, -0.1) is 0 Å². The Hall–Kier alpha value is -1.02. The van der Waals surface area contributed by atoms with Crippen molar-refractivity contribution in [2.45, 2.75) is 25.3 Å². The minimum Gasteiger partial charge on any atom is -0.494 e. The molecule has 1 aliphatic carbocycles. The van der Waals surface area contributed by atoms with Crippen molar-refractivity contribution >= 4 is 0 Å². The van der Waals surface area contributed by atoms with Gasteiger partial charge in [-0.3, -0.25) is 0 Å². The molecule has 1 aromatic rings. The molecule has 1 fully saturated rings. The second-order valence-electron chi connectivity index (χ2n) is 3.76. The van der Waals surface area contributed by atoms with E-state index in [0.29, 0.717) is 0 Å². The van der Waals surface area contributed by atoms with Crippen molar-refractivity contribution in [1.29, 1.82) is 0 Å². The number of hydrogen-bond acceptors (Lipinski definition) is 2. The molecule has 1 saturated carbocycles. The summed E-state index contributed by atoms with van der Waals surface area (Å²) in [6.07, 6.45) is 2.43. The smallest absolute Gasteiger partial charge is 0.124 e. The zero-order valence-electron chi connectivity index (χ0n) is 8.84. The molecule has 0 unspecified atom stereocenters. The predicted octanol–water partition coefficient (Wildman–Crippen LogP) is 2.29. The van der Waals surface area contributed by atoms with E-state index in [2.05, 4.69) is 23.5 Å². The van der Waals surface area contributed by atoms with Gasteiger partial charge in [0.1, 0.15) is 5.75 Å². The first kappa shape index (κ1) is 9.53. The van der Waals surface area contributed by atoms with Crippen LogP contribution in [0.25, 0.3) is 0 Å². The summed E-state index contributed by atoms with van der Waals surface area (Å²) in [6.45, 7) is 2.76. The largest absolute Gasteiger partial charge is 0.494 e. The van der Waals surface area contributed by atoms with Crippen molar-refractivity contribution in [3.63, 3.8) is 0 Å². The molecule has 0 aliphatic heterocycles. The van der Waals surface area contributed by atoms with Gasteiger partial charge in [-0.05, 0) is 32.9 Å². The van der Waals surface area contributed by atoms with Gasteiger partial charge < -0.3 is 10.1 Å². The summed E-state index contributed by atoms with van der Waals surface area (Å²) in [6, 6.07) is 8.32. The van der Waals surface area contributed by atoms with E-state index in [1.54, 1.807) is 0 Å². The van der Waals surface area contributed by atoms with Gasteiger partial charge in [0.2, 0.25) is 0 Å². The fourth-order valence-corrected chi connectivity index (χ4v) is 1.92. The van der Waals surface area contributed by atoms with Crippen LogP contribution in [0, 0.1) is 0 Å². The molecule has 1 aromatic carbocycles. The van der Waals surface area contributed by atoms with E-state index in [4.69, 9.17) is 4.74 Å². The van der Waals surface area contributed by atoms with E-state index in [1.807, 2.05) is 20.0 Å². The fraction of sp³-hybridized carbons (Fsp3) is 0.500. The van der Waals surface area contributed by atoms with Gasteiger partial charge in [0.15, 0.2) is 0 Å². The molecule has 0 radical (unpaired) electrons. The van der Waals surface area contributed by atoms with Crippen LogP contribution in [0.15, 0.2) is 24.3 Å². The predicted molar refractivity (Wildman–Crippen MR) is 57.6 cm³/mol. The maximum absolute atomic E-state index is 5.63. The molecule has 0 bridgehead atoms. The number of benzene rings is 1.